The number of amides is 1. The van der Waals surface area contributed by atoms with Crippen molar-refractivity contribution in [1.29, 1.82) is 0 Å². The van der Waals surface area contributed by atoms with E-state index in [1.807, 2.05) is 0 Å². The molecule has 0 saturated carbocycles. The zero-order valence-corrected chi connectivity index (χ0v) is 12.9. The van der Waals surface area contributed by atoms with Crippen LogP contribution < -0.4 is 5.32 Å². The molecule has 0 heterocycles. The largest absolute Gasteiger partial charge is 0.387 e. The fourth-order valence-electron chi connectivity index (χ4n) is 1.91. The van der Waals surface area contributed by atoms with Gasteiger partial charge in [0.15, 0.2) is 0 Å². The van der Waals surface area contributed by atoms with Crippen LogP contribution in [0.15, 0.2) is 0 Å². The Hall–Kier alpha value is -0.730. The molecule has 0 aliphatic heterocycles. The highest BCUT2D eigenvalue weighted by Gasteiger charge is 2.57. The third-order valence-corrected chi connectivity index (χ3v) is 3.50. The number of carbonyl (C=O) groups is 1. The van der Waals surface area contributed by atoms with Gasteiger partial charge >= 0.3 is 5.79 Å². The molecule has 0 aromatic carbocycles. The van der Waals surface area contributed by atoms with E-state index in [1.54, 1.807) is 0 Å². The summed E-state index contributed by atoms with van der Waals surface area (Å²) in [5, 5.41) is 49.8. The van der Waals surface area contributed by atoms with Crippen molar-refractivity contribution in [2.24, 2.45) is 0 Å². The molecule has 7 heteroatoms. The molecule has 6 N–H and O–H groups in total. The number of aliphatic hydroxyl groups is 5. The highest BCUT2D eigenvalue weighted by atomic mass is 16.6. The van der Waals surface area contributed by atoms with E-state index in [9.17, 15) is 30.3 Å². The molecular weight excluding hydrogens is 278 g/mol. The predicted octanol–water partition coefficient (Wildman–Crippen LogP) is -0.404. The van der Waals surface area contributed by atoms with Crippen molar-refractivity contribution in [3.05, 3.63) is 0 Å². The molecule has 7 nitrogen and oxygen atoms in total. The lowest BCUT2D eigenvalue weighted by Gasteiger charge is -2.36. The first kappa shape index (κ1) is 20.3. The average molecular weight is 307 g/mol. The molecule has 0 spiro atoms. The fraction of sp³-hybridized carbons (Fsp3) is 0.929. The normalized spacial score (nSPS) is 14.0. The van der Waals surface area contributed by atoms with Gasteiger partial charge < -0.3 is 30.8 Å². The molecule has 0 bridgehead atoms. The maximum atomic E-state index is 11.6. The van der Waals surface area contributed by atoms with Gasteiger partial charge in [-0.25, -0.2) is 0 Å². The molecule has 1 amide bonds. The lowest BCUT2D eigenvalue weighted by atomic mass is 9.97. The minimum Gasteiger partial charge on any atom is -0.387 e. The van der Waals surface area contributed by atoms with Crippen LogP contribution in [0.3, 0.4) is 0 Å². The number of nitrogens with one attached hydrogen (secondary N) is 1. The van der Waals surface area contributed by atoms with Crippen LogP contribution in [0.1, 0.15) is 58.8 Å². The van der Waals surface area contributed by atoms with Crippen LogP contribution in [-0.2, 0) is 4.79 Å². The topological polar surface area (TPSA) is 130 Å². The van der Waals surface area contributed by atoms with Crippen molar-refractivity contribution in [3.63, 3.8) is 0 Å². The van der Waals surface area contributed by atoms with Gasteiger partial charge in [0.05, 0.1) is 0 Å². The summed E-state index contributed by atoms with van der Waals surface area (Å²) in [6.45, 7) is 3.73. The molecule has 21 heavy (non-hydrogen) atoms. The molecule has 1 unspecified atom stereocenters. The van der Waals surface area contributed by atoms with Crippen LogP contribution in [0.2, 0.25) is 0 Å². The van der Waals surface area contributed by atoms with E-state index < -0.39 is 23.6 Å². The lowest BCUT2D eigenvalue weighted by molar-refractivity contribution is -0.366. The third-order valence-electron chi connectivity index (χ3n) is 3.50. The molecule has 0 aromatic heterocycles. The van der Waals surface area contributed by atoms with Crippen molar-refractivity contribution < 1.29 is 30.3 Å². The minimum absolute atomic E-state index is 0.152. The van der Waals surface area contributed by atoms with Gasteiger partial charge in [0, 0.05) is 6.54 Å². The van der Waals surface area contributed by atoms with Crippen LogP contribution in [-0.4, -0.2) is 55.7 Å². The first-order chi connectivity index (χ1) is 9.71. The standard InChI is InChI=1S/C14H29NO6/c1-3-5-6-7-8-9-10-15-12(17)14(20,21)13(18,19)11(16)4-2/h11,16,18-21H,3-10H2,1-2H3,(H,15,17). The van der Waals surface area contributed by atoms with Crippen LogP contribution in [0.5, 0.6) is 0 Å². The van der Waals surface area contributed by atoms with E-state index in [4.69, 9.17) is 0 Å². The van der Waals surface area contributed by atoms with Crippen LogP contribution >= 0.6 is 0 Å². The maximum Gasteiger partial charge on any atom is 0.303 e. The summed E-state index contributed by atoms with van der Waals surface area (Å²) in [6, 6.07) is 0. The molecule has 0 radical (unpaired) electrons. The Balaban J connectivity index is 4.20. The van der Waals surface area contributed by atoms with Gasteiger partial charge in [0.1, 0.15) is 6.10 Å². The maximum absolute atomic E-state index is 11.6. The van der Waals surface area contributed by atoms with Crippen molar-refractivity contribution in [2.45, 2.75) is 76.5 Å². The number of aliphatic hydroxyl groups excluding tert-OH is 1. The van der Waals surface area contributed by atoms with Gasteiger partial charge in [-0.15, -0.1) is 0 Å². The first-order valence-electron chi connectivity index (χ1n) is 7.57. The zero-order chi connectivity index (χ0) is 16.5. The Labute approximate surface area is 125 Å². The van der Waals surface area contributed by atoms with Crippen molar-refractivity contribution >= 4 is 5.91 Å². The zero-order valence-electron chi connectivity index (χ0n) is 12.9. The van der Waals surface area contributed by atoms with Crippen LogP contribution in [0, 0.1) is 0 Å². The second-order valence-electron chi connectivity index (χ2n) is 5.35. The van der Waals surface area contributed by atoms with E-state index >= 15 is 0 Å². The minimum atomic E-state index is -3.47. The average Bonchev–Trinajstić information content (AvgIpc) is 2.44. The number of carbonyl (C=O) groups excluding carboxylic acids is 1. The summed E-state index contributed by atoms with van der Waals surface area (Å²) in [5.74, 6) is -8.13. The Morgan fingerprint density at radius 3 is 2.05 bits per heavy atom. The van der Waals surface area contributed by atoms with Gasteiger partial charge in [-0.2, -0.15) is 0 Å². The SMILES string of the molecule is CCCCCCCCNC(=O)C(O)(O)C(O)(O)C(O)CC. The van der Waals surface area contributed by atoms with E-state index in [0.29, 0.717) is 6.42 Å². The van der Waals surface area contributed by atoms with Gasteiger partial charge in [-0.1, -0.05) is 46.0 Å². The van der Waals surface area contributed by atoms with E-state index in [0.717, 1.165) is 32.1 Å². The van der Waals surface area contributed by atoms with Gasteiger partial charge in [0.2, 0.25) is 0 Å². The smallest absolute Gasteiger partial charge is 0.303 e. The predicted molar refractivity (Wildman–Crippen MR) is 77.0 cm³/mol. The Morgan fingerprint density at radius 2 is 1.52 bits per heavy atom. The van der Waals surface area contributed by atoms with Gasteiger partial charge in [-0.05, 0) is 12.8 Å². The fourth-order valence-corrected chi connectivity index (χ4v) is 1.91. The van der Waals surface area contributed by atoms with Crippen molar-refractivity contribution in [1.82, 2.24) is 5.32 Å². The summed E-state index contributed by atoms with van der Waals surface area (Å²) in [7, 11) is 0. The highest BCUT2D eigenvalue weighted by Crippen LogP contribution is 2.23. The molecule has 0 saturated heterocycles. The summed E-state index contributed by atoms with van der Waals surface area (Å²) in [4.78, 5) is 11.6. The molecular formula is C14H29NO6. The van der Waals surface area contributed by atoms with Crippen molar-refractivity contribution in [3.8, 4) is 0 Å². The second-order valence-corrected chi connectivity index (χ2v) is 5.35. The Kier molecular flexibility index (Phi) is 9.00. The third kappa shape index (κ3) is 5.88. The molecule has 0 rings (SSSR count). The molecule has 0 fully saturated rings. The number of hydrogen-bond donors (Lipinski definition) is 6. The number of hydrogen-bond acceptors (Lipinski definition) is 6. The first-order valence-corrected chi connectivity index (χ1v) is 7.57. The Bertz CT molecular complexity index is 306. The van der Waals surface area contributed by atoms with E-state index in [2.05, 4.69) is 12.2 Å². The second kappa shape index (κ2) is 9.32. The molecule has 1 atom stereocenters. The molecule has 0 aliphatic carbocycles. The lowest BCUT2D eigenvalue weighted by Crippen LogP contribution is -2.67. The van der Waals surface area contributed by atoms with Crippen LogP contribution in [0.4, 0.5) is 0 Å². The summed E-state index contributed by atoms with van der Waals surface area (Å²) < 4.78 is 0. The molecule has 0 aromatic rings. The summed E-state index contributed by atoms with van der Waals surface area (Å²) in [6.07, 6.45) is 4.00. The van der Waals surface area contributed by atoms with Gasteiger partial charge in [0.25, 0.3) is 11.7 Å². The van der Waals surface area contributed by atoms with E-state index in [1.165, 1.54) is 6.92 Å². The summed E-state index contributed by atoms with van der Waals surface area (Å²) in [5.41, 5.74) is 0. The van der Waals surface area contributed by atoms with Crippen LogP contribution in [0.25, 0.3) is 0 Å². The number of rotatable bonds is 11. The monoisotopic (exact) mass is 307 g/mol. The van der Waals surface area contributed by atoms with Crippen molar-refractivity contribution in [2.75, 3.05) is 6.54 Å². The molecule has 126 valence electrons. The van der Waals surface area contributed by atoms with E-state index in [-0.39, 0.29) is 13.0 Å². The summed E-state index contributed by atoms with van der Waals surface area (Å²) >= 11 is 0. The Morgan fingerprint density at radius 1 is 1.00 bits per heavy atom. The van der Waals surface area contributed by atoms with Gasteiger partial charge in [-0.3, -0.25) is 4.79 Å². The highest BCUT2D eigenvalue weighted by molar-refractivity contribution is 5.84. The molecule has 0 aliphatic rings. The number of unbranched alkanes of at least 4 members (excludes halogenated alkanes) is 5. The quantitative estimate of drug-likeness (QED) is 0.227.